The lowest BCUT2D eigenvalue weighted by atomic mass is 10.1. The highest BCUT2D eigenvalue weighted by Crippen LogP contribution is 2.31. The predicted molar refractivity (Wildman–Crippen MR) is 108 cm³/mol. The Balaban J connectivity index is 2.11. The van der Waals surface area contributed by atoms with Crippen LogP contribution in [0.3, 0.4) is 0 Å². The molecular weight excluding hydrogens is 342 g/mol. The number of hydrogen-bond donors (Lipinski definition) is 1. The van der Waals surface area contributed by atoms with Gasteiger partial charge in [-0.3, -0.25) is 0 Å². The van der Waals surface area contributed by atoms with E-state index in [1.54, 1.807) is 21.3 Å². The highest BCUT2D eigenvalue weighted by molar-refractivity contribution is 5.44. The quantitative estimate of drug-likeness (QED) is 0.622. The minimum absolute atomic E-state index is 0.0805. The first-order valence-electron chi connectivity index (χ1n) is 8.87. The van der Waals surface area contributed by atoms with Gasteiger partial charge in [0.05, 0.1) is 21.3 Å². The molecule has 1 atom stereocenters. The molecule has 0 amide bonds. The topological polar surface area (TPSA) is 49.0 Å². The van der Waals surface area contributed by atoms with E-state index in [4.69, 9.17) is 18.9 Å². The molecule has 0 fully saturated rings. The highest BCUT2D eigenvalue weighted by Gasteiger charge is 2.13. The molecule has 2 aromatic rings. The summed E-state index contributed by atoms with van der Waals surface area (Å²) in [7, 11) is 4.97. The fraction of sp³-hybridized carbons (Fsp3) is 0.364. The molecule has 1 unspecified atom stereocenters. The summed E-state index contributed by atoms with van der Waals surface area (Å²) in [5.41, 5.74) is 3.10. The van der Waals surface area contributed by atoms with E-state index in [0.29, 0.717) is 24.7 Å². The molecule has 1 N–H and O–H groups in total. The fourth-order valence-electron chi connectivity index (χ4n) is 2.70. The Morgan fingerprint density at radius 2 is 1.67 bits per heavy atom. The average Bonchev–Trinajstić information content (AvgIpc) is 2.69. The monoisotopic (exact) mass is 371 g/mol. The Kier molecular flexibility index (Phi) is 7.55. The lowest BCUT2D eigenvalue weighted by Gasteiger charge is -2.19. The molecule has 146 valence electrons. The number of hydrogen-bond acceptors (Lipinski definition) is 5. The lowest BCUT2D eigenvalue weighted by Crippen LogP contribution is -2.19. The van der Waals surface area contributed by atoms with Crippen molar-refractivity contribution in [1.29, 1.82) is 0 Å². The molecule has 0 aromatic heterocycles. The van der Waals surface area contributed by atoms with Gasteiger partial charge in [0.25, 0.3) is 0 Å². The third-order valence-electron chi connectivity index (χ3n) is 4.22. The van der Waals surface area contributed by atoms with Crippen molar-refractivity contribution in [2.45, 2.75) is 26.4 Å². The molecule has 0 spiro atoms. The SMILES string of the molecule is C=C(C)COc1cc(CNC(C)c2cc(OC)ccc2OC)ccc1OC. The Hall–Kier alpha value is -2.66. The van der Waals surface area contributed by atoms with Crippen LogP contribution >= 0.6 is 0 Å². The Morgan fingerprint density at radius 1 is 0.963 bits per heavy atom. The van der Waals surface area contributed by atoms with Crippen LogP contribution in [0.25, 0.3) is 0 Å². The van der Waals surface area contributed by atoms with Crippen molar-refractivity contribution in [2.24, 2.45) is 0 Å². The van der Waals surface area contributed by atoms with Crippen LogP contribution in [0, 0.1) is 0 Å². The summed E-state index contributed by atoms with van der Waals surface area (Å²) >= 11 is 0. The van der Waals surface area contributed by atoms with Gasteiger partial charge in [-0.1, -0.05) is 12.6 Å². The standard InChI is InChI=1S/C22H29NO4/c1-15(2)14-27-22-11-17(7-9-21(22)26-6)13-23-16(3)19-12-18(24-4)8-10-20(19)25-5/h7-12,16,23H,1,13-14H2,2-6H3. The zero-order valence-electron chi connectivity index (χ0n) is 16.8. The summed E-state index contributed by atoms with van der Waals surface area (Å²) in [5, 5.41) is 3.52. The third-order valence-corrected chi connectivity index (χ3v) is 4.22. The van der Waals surface area contributed by atoms with Gasteiger partial charge in [0.2, 0.25) is 0 Å². The number of ether oxygens (including phenoxy) is 4. The van der Waals surface area contributed by atoms with Crippen LogP contribution in [0.15, 0.2) is 48.6 Å². The van der Waals surface area contributed by atoms with Crippen molar-refractivity contribution in [3.05, 3.63) is 59.7 Å². The van der Waals surface area contributed by atoms with Crippen LogP contribution in [0.5, 0.6) is 23.0 Å². The Labute approximate surface area is 161 Å². The van der Waals surface area contributed by atoms with Crippen LogP contribution in [0.2, 0.25) is 0 Å². The van der Waals surface area contributed by atoms with E-state index in [1.165, 1.54) is 0 Å². The van der Waals surface area contributed by atoms with Crippen molar-refractivity contribution in [3.8, 4) is 23.0 Å². The van der Waals surface area contributed by atoms with Gasteiger partial charge >= 0.3 is 0 Å². The zero-order chi connectivity index (χ0) is 19.8. The predicted octanol–water partition coefficient (Wildman–Crippen LogP) is 4.52. The first-order chi connectivity index (χ1) is 13.0. The van der Waals surface area contributed by atoms with Gasteiger partial charge in [0.15, 0.2) is 11.5 Å². The molecule has 5 nitrogen and oxygen atoms in total. The average molecular weight is 371 g/mol. The summed E-state index contributed by atoms with van der Waals surface area (Å²) in [6.45, 7) is 9.04. The molecule has 0 aliphatic carbocycles. The fourth-order valence-corrected chi connectivity index (χ4v) is 2.70. The van der Waals surface area contributed by atoms with Crippen molar-refractivity contribution >= 4 is 0 Å². The molecule has 0 aliphatic heterocycles. The third kappa shape index (κ3) is 5.66. The lowest BCUT2D eigenvalue weighted by molar-refractivity contribution is 0.319. The Morgan fingerprint density at radius 3 is 2.30 bits per heavy atom. The van der Waals surface area contributed by atoms with Crippen molar-refractivity contribution in [2.75, 3.05) is 27.9 Å². The minimum atomic E-state index is 0.0805. The minimum Gasteiger partial charge on any atom is -0.497 e. The van der Waals surface area contributed by atoms with Gasteiger partial charge in [-0.2, -0.15) is 0 Å². The van der Waals surface area contributed by atoms with E-state index in [-0.39, 0.29) is 6.04 Å². The Bertz CT molecular complexity index is 773. The van der Waals surface area contributed by atoms with E-state index in [2.05, 4.69) is 18.8 Å². The summed E-state index contributed by atoms with van der Waals surface area (Å²) in [4.78, 5) is 0. The molecule has 5 heteroatoms. The molecule has 2 aromatic carbocycles. The van der Waals surface area contributed by atoms with E-state index in [9.17, 15) is 0 Å². The van der Waals surface area contributed by atoms with Crippen LogP contribution in [-0.4, -0.2) is 27.9 Å². The smallest absolute Gasteiger partial charge is 0.161 e. The first-order valence-corrected chi connectivity index (χ1v) is 8.87. The van der Waals surface area contributed by atoms with E-state index in [1.807, 2.05) is 43.3 Å². The first kappa shape index (κ1) is 20.6. The largest absolute Gasteiger partial charge is 0.497 e. The number of methoxy groups -OCH3 is 3. The molecule has 27 heavy (non-hydrogen) atoms. The normalized spacial score (nSPS) is 11.6. The zero-order valence-corrected chi connectivity index (χ0v) is 16.8. The molecule has 0 radical (unpaired) electrons. The van der Waals surface area contributed by atoms with Crippen molar-refractivity contribution in [3.63, 3.8) is 0 Å². The van der Waals surface area contributed by atoms with Gasteiger partial charge < -0.3 is 24.3 Å². The molecule has 2 rings (SSSR count). The summed E-state index contributed by atoms with van der Waals surface area (Å²) in [6.07, 6.45) is 0. The maximum atomic E-state index is 5.80. The van der Waals surface area contributed by atoms with Crippen LogP contribution in [0.1, 0.15) is 31.0 Å². The molecule has 0 heterocycles. The molecule has 0 saturated heterocycles. The van der Waals surface area contributed by atoms with Gasteiger partial charge in [-0.25, -0.2) is 0 Å². The number of benzene rings is 2. The maximum absolute atomic E-state index is 5.80. The van der Waals surface area contributed by atoms with Gasteiger partial charge in [0, 0.05) is 18.2 Å². The van der Waals surface area contributed by atoms with Crippen LogP contribution in [0.4, 0.5) is 0 Å². The van der Waals surface area contributed by atoms with E-state index < -0.39 is 0 Å². The molecule has 0 bridgehead atoms. The summed E-state index contributed by atoms with van der Waals surface area (Å²) < 4.78 is 22.0. The van der Waals surface area contributed by atoms with Crippen molar-refractivity contribution in [1.82, 2.24) is 5.32 Å². The second kappa shape index (κ2) is 9.88. The highest BCUT2D eigenvalue weighted by atomic mass is 16.5. The number of nitrogens with one attached hydrogen (secondary N) is 1. The second-order valence-electron chi connectivity index (χ2n) is 6.44. The molecular formula is C22H29NO4. The van der Waals surface area contributed by atoms with Gasteiger partial charge in [0.1, 0.15) is 18.1 Å². The van der Waals surface area contributed by atoms with E-state index in [0.717, 1.165) is 28.2 Å². The van der Waals surface area contributed by atoms with Gasteiger partial charge in [-0.15, -0.1) is 0 Å². The van der Waals surface area contributed by atoms with Gasteiger partial charge in [-0.05, 0) is 55.3 Å². The summed E-state index contributed by atoms with van der Waals surface area (Å²) in [6, 6.07) is 11.8. The van der Waals surface area contributed by atoms with Crippen molar-refractivity contribution < 1.29 is 18.9 Å². The molecule has 0 aliphatic rings. The van der Waals surface area contributed by atoms with Crippen LogP contribution in [-0.2, 0) is 6.54 Å². The second-order valence-corrected chi connectivity index (χ2v) is 6.44. The summed E-state index contributed by atoms with van der Waals surface area (Å²) in [5.74, 6) is 3.06. The van der Waals surface area contributed by atoms with E-state index >= 15 is 0 Å². The molecule has 0 saturated carbocycles. The van der Waals surface area contributed by atoms with Crippen LogP contribution < -0.4 is 24.3 Å². The number of rotatable bonds is 10. The maximum Gasteiger partial charge on any atom is 0.161 e.